The summed E-state index contributed by atoms with van der Waals surface area (Å²) >= 11 is 6.00. The third-order valence-corrected chi connectivity index (χ3v) is 5.38. The fraction of sp³-hybridized carbons (Fsp3) is 0.421. The Morgan fingerprint density at radius 3 is 2.88 bits per heavy atom. The number of nitrogens with one attached hydrogen (secondary N) is 2. The molecule has 0 spiro atoms. The Balaban J connectivity index is 1.65. The summed E-state index contributed by atoms with van der Waals surface area (Å²) in [5.74, 6) is 1.05. The second-order valence-electron chi connectivity index (χ2n) is 7.23. The molecule has 0 unspecified atom stereocenters. The first-order valence-corrected chi connectivity index (χ1v) is 9.05. The largest absolute Gasteiger partial charge is 0.365 e. The van der Waals surface area contributed by atoms with Crippen molar-refractivity contribution in [2.45, 2.75) is 38.8 Å². The van der Waals surface area contributed by atoms with E-state index in [0.717, 1.165) is 23.4 Å². The number of anilines is 2. The highest BCUT2D eigenvalue weighted by molar-refractivity contribution is 6.30. The Kier molecular flexibility index (Phi) is 5.30. The summed E-state index contributed by atoms with van der Waals surface area (Å²) in [6, 6.07) is 10.3. The summed E-state index contributed by atoms with van der Waals surface area (Å²) in [6.07, 6.45) is 3.21. The molecule has 1 saturated carbocycles. The molecule has 0 amide bonds. The minimum atomic E-state index is -0.0299. The van der Waals surface area contributed by atoms with Crippen molar-refractivity contribution in [3.8, 4) is 6.07 Å². The lowest BCUT2D eigenvalue weighted by atomic mass is 9.63. The van der Waals surface area contributed by atoms with E-state index in [0.29, 0.717) is 23.9 Å². The lowest BCUT2D eigenvalue weighted by Gasteiger charge is -2.50. The van der Waals surface area contributed by atoms with E-state index >= 15 is 0 Å². The summed E-state index contributed by atoms with van der Waals surface area (Å²) in [7, 11) is 0. The van der Waals surface area contributed by atoms with Gasteiger partial charge in [0.05, 0.1) is 6.20 Å². The Morgan fingerprint density at radius 2 is 2.23 bits per heavy atom. The van der Waals surface area contributed by atoms with Gasteiger partial charge in [0, 0.05) is 29.1 Å². The molecule has 7 heteroatoms. The van der Waals surface area contributed by atoms with Gasteiger partial charge >= 0.3 is 0 Å². The maximum atomic E-state index is 9.32. The van der Waals surface area contributed by atoms with Crippen molar-refractivity contribution < 1.29 is 0 Å². The molecular weight excluding hydrogens is 348 g/mol. The monoisotopic (exact) mass is 370 g/mol. The minimum absolute atomic E-state index is 0.0299. The molecule has 0 aliphatic heterocycles. The molecule has 2 atom stereocenters. The van der Waals surface area contributed by atoms with Crippen LogP contribution in [-0.4, -0.2) is 28.6 Å². The highest BCUT2D eigenvalue weighted by Crippen LogP contribution is 2.41. The molecule has 2 aromatic rings. The number of nitriles is 1. The maximum Gasteiger partial charge on any atom is 0.224 e. The molecule has 1 aliphatic carbocycles. The van der Waals surface area contributed by atoms with Crippen molar-refractivity contribution in [2.24, 2.45) is 11.1 Å². The predicted molar refractivity (Wildman–Crippen MR) is 104 cm³/mol. The average Bonchev–Trinajstić information content (AvgIpc) is 2.62. The number of aromatic nitrogens is 2. The van der Waals surface area contributed by atoms with Crippen LogP contribution in [0.4, 0.5) is 11.8 Å². The highest BCUT2D eigenvalue weighted by atomic mass is 35.5. The van der Waals surface area contributed by atoms with Crippen LogP contribution in [0.25, 0.3) is 0 Å². The molecule has 0 radical (unpaired) electrons. The van der Waals surface area contributed by atoms with Gasteiger partial charge in [-0.25, -0.2) is 4.98 Å². The van der Waals surface area contributed by atoms with Crippen LogP contribution in [0.15, 0.2) is 30.5 Å². The zero-order valence-corrected chi connectivity index (χ0v) is 15.7. The van der Waals surface area contributed by atoms with Gasteiger partial charge in [-0.3, -0.25) is 0 Å². The molecule has 0 bridgehead atoms. The molecule has 136 valence electrons. The van der Waals surface area contributed by atoms with Crippen molar-refractivity contribution in [3.05, 3.63) is 46.6 Å². The highest BCUT2D eigenvalue weighted by Gasteiger charge is 2.46. The molecular formula is C19H23ClN6. The fourth-order valence-corrected chi connectivity index (χ4v) is 3.25. The van der Waals surface area contributed by atoms with Crippen LogP contribution in [0.5, 0.6) is 0 Å². The summed E-state index contributed by atoms with van der Waals surface area (Å²) < 4.78 is 0. The molecule has 6 nitrogen and oxygen atoms in total. The molecule has 1 fully saturated rings. The van der Waals surface area contributed by atoms with Crippen LogP contribution in [0.1, 0.15) is 31.4 Å². The summed E-state index contributed by atoms with van der Waals surface area (Å²) in [5.41, 5.74) is 7.62. The lowest BCUT2D eigenvalue weighted by Crippen LogP contribution is -2.61. The number of hydrogen-bond donors (Lipinski definition) is 3. The van der Waals surface area contributed by atoms with E-state index < -0.39 is 0 Å². The zero-order valence-electron chi connectivity index (χ0n) is 15.0. The van der Waals surface area contributed by atoms with E-state index in [1.165, 1.54) is 0 Å². The Bertz CT molecular complexity index is 829. The third-order valence-electron chi connectivity index (χ3n) is 5.15. The Labute approximate surface area is 158 Å². The first-order valence-electron chi connectivity index (χ1n) is 8.67. The minimum Gasteiger partial charge on any atom is -0.365 e. The van der Waals surface area contributed by atoms with Gasteiger partial charge < -0.3 is 16.4 Å². The first-order chi connectivity index (χ1) is 12.4. The van der Waals surface area contributed by atoms with Crippen LogP contribution in [-0.2, 0) is 6.42 Å². The molecule has 26 heavy (non-hydrogen) atoms. The molecule has 4 N–H and O–H groups in total. The summed E-state index contributed by atoms with van der Waals surface area (Å²) in [6.45, 7) is 4.91. The van der Waals surface area contributed by atoms with Crippen molar-refractivity contribution in [2.75, 3.05) is 17.2 Å². The van der Waals surface area contributed by atoms with Gasteiger partial charge in [-0.15, -0.1) is 0 Å². The van der Waals surface area contributed by atoms with E-state index in [-0.39, 0.29) is 17.5 Å². The van der Waals surface area contributed by atoms with Crippen LogP contribution >= 0.6 is 11.6 Å². The van der Waals surface area contributed by atoms with Gasteiger partial charge in [0.15, 0.2) is 0 Å². The molecule has 1 aromatic heterocycles. The second kappa shape index (κ2) is 7.48. The Morgan fingerprint density at radius 1 is 1.42 bits per heavy atom. The third kappa shape index (κ3) is 3.90. The standard InChI is InChI=1S/C19H23ClN6/c1-19(2)15(22)9-16(19)25-17-13(10-21)11-24-18(26-17)23-7-6-12-4-3-5-14(20)8-12/h3-5,8,11,15-16H,6-7,9,22H2,1-2H3,(H2,23,24,25,26)/t15-,16+/m0/s1. The number of nitrogens with zero attached hydrogens (tertiary/aromatic N) is 3. The van der Waals surface area contributed by atoms with Gasteiger partial charge in [0.25, 0.3) is 0 Å². The van der Waals surface area contributed by atoms with Gasteiger partial charge in [-0.2, -0.15) is 10.2 Å². The molecule has 3 rings (SSSR count). The molecule has 0 saturated heterocycles. The van der Waals surface area contributed by atoms with Crippen LogP contribution in [0, 0.1) is 16.7 Å². The van der Waals surface area contributed by atoms with Crippen molar-refractivity contribution in [1.82, 2.24) is 9.97 Å². The summed E-state index contributed by atoms with van der Waals surface area (Å²) in [5, 5.41) is 16.6. The summed E-state index contributed by atoms with van der Waals surface area (Å²) in [4.78, 5) is 8.71. The van der Waals surface area contributed by atoms with Gasteiger partial charge in [0.2, 0.25) is 5.95 Å². The molecule has 1 heterocycles. The first kappa shape index (κ1) is 18.4. The van der Waals surface area contributed by atoms with Crippen molar-refractivity contribution >= 4 is 23.4 Å². The molecule has 1 aromatic carbocycles. The van der Waals surface area contributed by atoms with Gasteiger partial charge in [-0.05, 0) is 30.5 Å². The zero-order chi connectivity index (χ0) is 18.7. The average molecular weight is 371 g/mol. The normalized spacial score (nSPS) is 20.7. The number of halogens is 1. The smallest absolute Gasteiger partial charge is 0.224 e. The predicted octanol–water partition coefficient (Wildman–Crippen LogP) is 3.19. The van der Waals surface area contributed by atoms with Crippen LogP contribution in [0.3, 0.4) is 0 Å². The van der Waals surface area contributed by atoms with Gasteiger partial charge in [0.1, 0.15) is 17.5 Å². The fourth-order valence-electron chi connectivity index (χ4n) is 3.04. The number of hydrogen-bond acceptors (Lipinski definition) is 6. The van der Waals surface area contributed by atoms with Crippen molar-refractivity contribution in [3.63, 3.8) is 0 Å². The van der Waals surface area contributed by atoms with E-state index in [9.17, 15) is 5.26 Å². The quantitative estimate of drug-likeness (QED) is 0.722. The van der Waals surface area contributed by atoms with Crippen LogP contribution < -0.4 is 16.4 Å². The number of nitrogens with two attached hydrogens (primary N) is 1. The second-order valence-corrected chi connectivity index (χ2v) is 7.67. The Hall–Kier alpha value is -2.36. The van der Waals surface area contributed by atoms with E-state index in [2.05, 4.69) is 40.5 Å². The lowest BCUT2D eigenvalue weighted by molar-refractivity contribution is 0.117. The van der Waals surface area contributed by atoms with Crippen molar-refractivity contribution in [1.29, 1.82) is 5.26 Å². The number of rotatable bonds is 6. The maximum absolute atomic E-state index is 9.32. The topological polar surface area (TPSA) is 99.7 Å². The SMILES string of the molecule is CC1(C)[C@@H](N)C[C@H]1Nc1nc(NCCc2cccc(Cl)c2)ncc1C#N. The van der Waals surface area contributed by atoms with E-state index in [1.54, 1.807) is 6.20 Å². The van der Waals surface area contributed by atoms with Crippen LogP contribution in [0.2, 0.25) is 5.02 Å². The van der Waals surface area contributed by atoms with E-state index in [1.807, 2.05) is 24.3 Å². The molecule has 1 aliphatic rings. The van der Waals surface area contributed by atoms with E-state index in [4.69, 9.17) is 17.3 Å². The number of benzene rings is 1. The van der Waals surface area contributed by atoms with Gasteiger partial charge in [-0.1, -0.05) is 37.6 Å².